The number of para-hydroxylation sites is 2. The summed E-state index contributed by atoms with van der Waals surface area (Å²) in [5, 5.41) is 5.11. The third-order valence-electron chi connectivity index (χ3n) is 7.14. The first-order valence-electron chi connectivity index (χ1n) is 14.5. The van der Waals surface area contributed by atoms with Crippen molar-refractivity contribution in [1.82, 2.24) is 5.32 Å². The summed E-state index contributed by atoms with van der Waals surface area (Å²) in [7, 11) is 0. The van der Waals surface area contributed by atoms with Crippen LogP contribution in [0.15, 0.2) is 148 Å². The van der Waals surface area contributed by atoms with Gasteiger partial charge in [0.25, 0.3) is 11.8 Å². The second kappa shape index (κ2) is 13.9. The number of fused-ring (bicyclic) bond motifs is 2. The zero-order valence-electron chi connectivity index (χ0n) is 24.6. The minimum Gasteiger partial charge on any atom is -0.321 e. The Bertz CT molecular complexity index is 1880. The molecule has 6 rings (SSSR count). The van der Waals surface area contributed by atoms with Crippen LogP contribution in [0.5, 0.6) is 0 Å². The number of nitrogens with zero attached hydrogens (tertiary/aromatic N) is 1. The predicted molar refractivity (Wildman–Crippen MR) is 183 cm³/mol. The fraction of sp³-hybridized carbons (Fsp3) is 0.0541. The van der Waals surface area contributed by atoms with Gasteiger partial charge in [0.05, 0.1) is 16.6 Å². The van der Waals surface area contributed by atoms with Crippen molar-refractivity contribution in [1.29, 1.82) is 0 Å². The number of thioether (sulfide) groups is 1. The van der Waals surface area contributed by atoms with E-state index < -0.39 is 22.9 Å². The number of anilines is 3. The van der Waals surface area contributed by atoms with Gasteiger partial charge in [-0.2, -0.15) is 0 Å². The highest BCUT2D eigenvalue weighted by molar-refractivity contribution is 8.00. The Balaban J connectivity index is 1.16. The van der Waals surface area contributed by atoms with Crippen molar-refractivity contribution >= 4 is 64.4 Å². The first-order chi connectivity index (χ1) is 22.4. The quantitative estimate of drug-likeness (QED) is 0.131. The van der Waals surface area contributed by atoms with E-state index in [1.807, 2.05) is 67.6 Å². The number of hydrogen-bond acceptors (Lipinski definition) is 5. The van der Waals surface area contributed by atoms with E-state index in [9.17, 15) is 18.8 Å². The zero-order chi connectivity index (χ0) is 32.0. The SMILES string of the molecule is CC(Sc1ccc(NC(=O)/C(=C/c2ccc(F)cc2)NC(=O)c2ccccc2)cc1)C(=O)N1c2ccccc2Sc2ccccc21. The fourth-order valence-electron chi connectivity index (χ4n) is 4.86. The van der Waals surface area contributed by atoms with Crippen LogP contribution >= 0.6 is 23.5 Å². The number of halogens is 1. The van der Waals surface area contributed by atoms with Gasteiger partial charge < -0.3 is 10.6 Å². The lowest BCUT2D eigenvalue weighted by atomic mass is 10.1. The molecule has 3 amide bonds. The van der Waals surface area contributed by atoms with E-state index in [2.05, 4.69) is 10.6 Å². The number of amides is 3. The highest BCUT2D eigenvalue weighted by Gasteiger charge is 2.31. The molecule has 5 aromatic carbocycles. The van der Waals surface area contributed by atoms with Crippen LogP contribution in [-0.2, 0) is 9.59 Å². The van der Waals surface area contributed by atoms with E-state index >= 15 is 0 Å². The van der Waals surface area contributed by atoms with Gasteiger partial charge in [-0.05, 0) is 91.4 Å². The molecule has 6 nitrogen and oxygen atoms in total. The first kappa shape index (κ1) is 30.9. The summed E-state index contributed by atoms with van der Waals surface area (Å²) in [4.78, 5) is 44.8. The number of nitrogens with one attached hydrogen (secondary N) is 2. The minimum atomic E-state index is -0.544. The van der Waals surface area contributed by atoms with Gasteiger partial charge in [0, 0.05) is 25.9 Å². The predicted octanol–water partition coefficient (Wildman–Crippen LogP) is 8.55. The molecule has 0 fully saturated rings. The molecule has 1 heterocycles. The Kier molecular flexibility index (Phi) is 9.33. The van der Waals surface area contributed by atoms with Crippen molar-refractivity contribution in [2.45, 2.75) is 26.9 Å². The van der Waals surface area contributed by atoms with Crippen LogP contribution in [0.25, 0.3) is 6.08 Å². The summed E-state index contributed by atoms with van der Waals surface area (Å²) in [6, 6.07) is 37.1. The van der Waals surface area contributed by atoms with Gasteiger partial charge in [0.2, 0.25) is 5.91 Å². The molecular formula is C37H28FN3O3S2. The Morgan fingerprint density at radius 3 is 1.98 bits per heavy atom. The molecule has 1 aliphatic heterocycles. The third kappa shape index (κ3) is 7.06. The van der Waals surface area contributed by atoms with E-state index in [0.717, 1.165) is 26.1 Å². The molecular weight excluding hydrogens is 618 g/mol. The maximum absolute atomic E-state index is 13.9. The normalized spacial score (nSPS) is 12.8. The molecule has 0 radical (unpaired) electrons. The molecule has 46 heavy (non-hydrogen) atoms. The molecule has 0 aliphatic carbocycles. The molecule has 1 atom stereocenters. The zero-order valence-corrected chi connectivity index (χ0v) is 26.3. The lowest BCUT2D eigenvalue weighted by molar-refractivity contribution is -0.117. The van der Waals surface area contributed by atoms with Crippen molar-refractivity contribution in [3.63, 3.8) is 0 Å². The maximum Gasteiger partial charge on any atom is 0.272 e. The summed E-state index contributed by atoms with van der Waals surface area (Å²) < 4.78 is 13.5. The van der Waals surface area contributed by atoms with Gasteiger partial charge in [-0.15, -0.1) is 11.8 Å². The average molecular weight is 646 g/mol. The number of carbonyl (C=O) groups is 3. The van der Waals surface area contributed by atoms with Crippen molar-refractivity contribution in [2.24, 2.45) is 0 Å². The summed E-state index contributed by atoms with van der Waals surface area (Å²) in [5.41, 5.74) is 3.17. The first-order valence-corrected chi connectivity index (χ1v) is 16.2. The molecule has 2 N–H and O–H groups in total. The monoisotopic (exact) mass is 645 g/mol. The molecule has 9 heteroatoms. The minimum absolute atomic E-state index is 0.00149. The smallest absolute Gasteiger partial charge is 0.272 e. The van der Waals surface area contributed by atoms with Crippen LogP contribution in [0.2, 0.25) is 0 Å². The summed E-state index contributed by atoms with van der Waals surface area (Å²) in [6.07, 6.45) is 1.49. The van der Waals surface area contributed by atoms with E-state index in [1.54, 1.807) is 59.1 Å². The van der Waals surface area contributed by atoms with Crippen molar-refractivity contribution < 1.29 is 18.8 Å². The number of benzene rings is 5. The van der Waals surface area contributed by atoms with E-state index in [0.29, 0.717) is 16.8 Å². The second-order valence-corrected chi connectivity index (χ2v) is 12.9. The Morgan fingerprint density at radius 2 is 1.35 bits per heavy atom. The molecule has 0 aromatic heterocycles. The molecule has 0 spiro atoms. The van der Waals surface area contributed by atoms with E-state index in [4.69, 9.17) is 0 Å². The van der Waals surface area contributed by atoms with Crippen LogP contribution in [-0.4, -0.2) is 23.0 Å². The van der Waals surface area contributed by atoms with E-state index in [-0.39, 0.29) is 11.6 Å². The van der Waals surface area contributed by atoms with Crippen LogP contribution in [0.1, 0.15) is 22.8 Å². The number of carbonyl (C=O) groups excluding carboxylic acids is 3. The van der Waals surface area contributed by atoms with Crippen molar-refractivity contribution in [3.8, 4) is 0 Å². The Labute approximate surface area is 274 Å². The van der Waals surface area contributed by atoms with Gasteiger partial charge in [-0.3, -0.25) is 19.3 Å². The average Bonchev–Trinajstić information content (AvgIpc) is 3.08. The van der Waals surface area contributed by atoms with Crippen LogP contribution in [0.4, 0.5) is 21.5 Å². The largest absolute Gasteiger partial charge is 0.321 e. The van der Waals surface area contributed by atoms with Crippen molar-refractivity contribution in [2.75, 3.05) is 10.2 Å². The number of rotatable bonds is 8. The maximum atomic E-state index is 13.9. The topological polar surface area (TPSA) is 78.5 Å². The van der Waals surface area contributed by atoms with Crippen molar-refractivity contribution in [3.05, 3.63) is 150 Å². The molecule has 1 unspecified atom stereocenters. The molecule has 228 valence electrons. The van der Waals surface area contributed by atoms with E-state index in [1.165, 1.54) is 42.1 Å². The lowest BCUT2D eigenvalue weighted by Crippen LogP contribution is -2.34. The summed E-state index contributed by atoms with van der Waals surface area (Å²) in [5.74, 6) is -1.44. The highest BCUT2D eigenvalue weighted by atomic mass is 32.2. The fourth-order valence-corrected chi connectivity index (χ4v) is 6.83. The highest BCUT2D eigenvalue weighted by Crippen LogP contribution is 2.48. The second-order valence-electron chi connectivity index (χ2n) is 10.4. The van der Waals surface area contributed by atoms with Gasteiger partial charge in [-0.1, -0.05) is 66.4 Å². The van der Waals surface area contributed by atoms with Gasteiger partial charge in [-0.25, -0.2) is 4.39 Å². The molecule has 0 saturated heterocycles. The summed E-state index contributed by atoms with van der Waals surface area (Å²) in [6.45, 7) is 1.89. The van der Waals surface area contributed by atoms with Crippen LogP contribution < -0.4 is 15.5 Å². The Hall–Kier alpha value is -5.12. The standard InChI is InChI=1S/C37H28FN3O3S2/c1-24(37(44)41-31-11-5-7-13-33(31)46-34-14-8-6-12-32(34)41)45-29-21-19-28(20-22-29)39-36(43)30(23-25-15-17-27(38)18-16-25)40-35(42)26-9-3-2-4-10-26/h2-24H,1H3,(H,39,43)(H,40,42)/b30-23-. The summed E-state index contributed by atoms with van der Waals surface area (Å²) >= 11 is 3.08. The molecule has 1 aliphatic rings. The van der Waals surface area contributed by atoms with Gasteiger partial charge >= 0.3 is 0 Å². The molecule has 0 saturated carbocycles. The number of hydrogen-bond donors (Lipinski definition) is 2. The lowest BCUT2D eigenvalue weighted by Gasteiger charge is -2.32. The van der Waals surface area contributed by atoms with Gasteiger partial charge in [0.1, 0.15) is 11.5 Å². The Morgan fingerprint density at radius 1 is 0.761 bits per heavy atom. The van der Waals surface area contributed by atoms with Gasteiger partial charge in [0.15, 0.2) is 0 Å². The van der Waals surface area contributed by atoms with Crippen LogP contribution in [0.3, 0.4) is 0 Å². The molecule has 5 aromatic rings. The third-order valence-corrected chi connectivity index (χ3v) is 9.37. The van der Waals surface area contributed by atoms with Crippen LogP contribution in [0, 0.1) is 5.82 Å². The molecule has 0 bridgehead atoms.